The van der Waals surface area contributed by atoms with Gasteiger partial charge in [-0.2, -0.15) is 0 Å². The Morgan fingerprint density at radius 1 is 1.24 bits per heavy atom. The molecule has 1 unspecified atom stereocenters. The van der Waals surface area contributed by atoms with Crippen molar-refractivity contribution in [1.82, 2.24) is 20.1 Å². The summed E-state index contributed by atoms with van der Waals surface area (Å²) in [6.07, 6.45) is 3.71. The highest BCUT2D eigenvalue weighted by Crippen LogP contribution is 2.29. The van der Waals surface area contributed by atoms with Gasteiger partial charge in [-0.25, -0.2) is 9.67 Å². The molecule has 37 heavy (non-hydrogen) atoms. The first-order valence-corrected chi connectivity index (χ1v) is 13.1. The molecule has 0 saturated heterocycles. The summed E-state index contributed by atoms with van der Waals surface area (Å²) in [6, 6.07) is 8.08. The molecule has 0 radical (unpaired) electrons. The molecule has 1 saturated carbocycles. The van der Waals surface area contributed by atoms with Gasteiger partial charge in [0.25, 0.3) is 11.8 Å². The summed E-state index contributed by atoms with van der Waals surface area (Å²) < 4.78 is 7.25. The molecular weight excluding hydrogens is 533 g/mol. The molecule has 0 aliphatic heterocycles. The van der Waals surface area contributed by atoms with E-state index in [0.29, 0.717) is 46.6 Å². The van der Waals surface area contributed by atoms with E-state index in [2.05, 4.69) is 27.6 Å². The van der Waals surface area contributed by atoms with Crippen LogP contribution in [-0.4, -0.2) is 44.1 Å². The number of halogens is 2. The van der Waals surface area contributed by atoms with Gasteiger partial charge in [0.1, 0.15) is 11.8 Å². The maximum Gasteiger partial charge on any atom is 0.274 e. The van der Waals surface area contributed by atoms with Crippen molar-refractivity contribution in [2.45, 2.75) is 46.1 Å². The predicted molar refractivity (Wildman–Crippen MR) is 149 cm³/mol. The Morgan fingerprint density at radius 2 is 2.00 bits per heavy atom. The molecule has 2 aromatic heterocycles. The van der Waals surface area contributed by atoms with E-state index in [1.165, 1.54) is 16.8 Å². The molecule has 8 nitrogen and oxygen atoms in total. The Labute approximate surface area is 230 Å². The molecule has 1 aromatic carbocycles. The molecule has 2 heterocycles. The minimum atomic E-state index is -0.519. The largest absolute Gasteiger partial charge is 0.473 e. The van der Waals surface area contributed by atoms with Gasteiger partial charge in [0, 0.05) is 41.5 Å². The lowest BCUT2D eigenvalue weighted by Crippen LogP contribution is -2.32. The SMILES string of the molecule is CCC(C)CNC(=O)c1cc(Cl)cc(C)c1NC(=O)c1cc(OC2CC(=S)C2)nn1-c1ncccc1Cl. The summed E-state index contributed by atoms with van der Waals surface area (Å²) in [5, 5.41) is 10.9. The van der Waals surface area contributed by atoms with Crippen molar-refractivity contribution in [2.24, 2.45) is 5.92 Å². The van der Waals surface area contributed by atoms with Crippen molar-refractivity contribution in [3.8, 4) is 11.7 Å². The fourth-order valence-corrected chi connectivity index (χ4v) is 4.59. The van der Waals surface area contributed by atoms with E-state index >= 15 is 0 Å². The third-order valence-corrected chi connectivity index (χ3v) is 7.00. The number of aromatic nitrogens is 3. The fraction of sp³-hybridized carbons (Fsp3) is 0.346. The lowest BCUT2D eigenvalue weighted by atomic mass is 9.96. The van der Waals surface area contributed by atoms with Crippen molar-refractivity contribution in [2.75, 3.05) is 11.9 Å². The monoisotopic (exact) mass is 559 g/mol. The molecule has 1 fully saturated rings. The van der Waals surface area contributed by atoms with Gasteiger partial charge >= 0.3 is 0 Å². The van der Waals surface area contributed by atoms with E-state index in [1.54, 1.807) is 31.3 Å². The van der Waals surface area contributed by atoms with Gasteiger partial charge in [-0.05, 0) is 42.7 Å². The Bertz CT molecular complexity index is 1350. The zero-order chi connectivity index (χ0) is 26.7. The number of ether oxygens (including phenoxy) is 1. The lowest BCUT2D eigenvalue weighted by molar-refractivity contribution is 0.0948. The van der Waals surface area contributed by atoms with Crippen LogP contribution in [0.4, 0.5) is 5.69 Å². The van der Waals surface area contributed by atoms with Crippen LogP contribution in [0.3, 0.4) is 0 Å². The average molecular weight is 561 g/mol. The summed E-state index contributed by atoms with van der Waals surface area (Å²) in [7, 11) is 0. The fourth-order valence-electron chi connectivity index (χ4n) is 3.75. The van der Waals surface area contributed by atoms with Gasteiger partial charge in [-0.1, -0.05) is 55.7 Å². The molecule has 4 rings (SSSR count). The minimum Gasteiger partial charge on any atom is -0.473 e. The van der Waals surface area contributed by atoms with Gasteiger partial charge < -0.3 is 15.4 Å². The highest BCUT2D eigenvalue weighted by atomic mass is 35.5. The first-order valence-electron chi connectivity index (χ1n) is 11.9. The smallest absolute Gasteiger partial charge is 0.274 e. The van der Waals surface area contributed by atoms with Crippen LogP contribution in [0.5, 0.6) is 5.88 Å². The third kappa shape index (κ3) is 6.29. The predicted octanol–water partition coefficient (Wildman–Crippen LogP) is 5.82. The molecule has 0 spiro atoms. The summed E-state index contributed by atoms with van der Waals surface area (Å²) in [5.74, 6) is -0.0170. The zero-order valence-electron chi connectivity index (χ0n) is 20.7. The minimum absolute atomic E-state index is 0.0923. The lowest BCUT2D eigenvalue weighted by Gasteiger charge is -2.26. The Hall–Kier alpha value is -3.01. The maximum atomic E-state index is 13.6. The molecule has 1 atom stereocenters. The second kappa shape index (κ2) is 11.6. The first-order chi connectivity index (χ1) is 17.7. The van der Waals surface area contributed by atoms with Crippen LogP contribution < -0.4 is 15.4 Å². The number of nitrogens with zero attached hydrogens (tertiary/aromatic N) is 3. The second-order valence-electron chi connectivity index (χ2n) is 9.10. The topological polar surface area (TPSA) is 98.1 Å². The van der Waals surface area contributed by atoms with Crippen molar-refractivity contribution in [3.63, 3.8) is 0 Å². The summed E-state index contributed by atoms with van der Waals surface area (Å²) in [5.41, 5.74) is 1.39. The summed E-state index contributed by atoms with van der Waals surface area (Å²) >= 11 is 17.8. The van der Waals surface area contributed by atoms with Gasteiger partial charge in [0.05, 0.1) is 16.3 Å². The van der Waals surface area contributed by atoms with E-state index in [-0.39, 0.29) is 35.0 Å². The Morgan fingerprint density at radius 3 is 2.68 bits per heavy atom. The number of aryl methyl sites for hydroxylation is 1. The maximum absolute atomic E-state index is 13.6. The molecule has 2 N–H and O–H groups in total. The number of carbonyl (C=O) groups excluding carboxylic acids is 2. The number of pyridine rings is 1. The van der Waals surface area contributed by atoms with Crippen molar-refractivity contribution in [3.05, 3.63) is 63.4 Å². The first kappa shape index (κ1) is 27.0. The van der Waals surface area contributed by atoms with Crippen molar-refractivity contribution in [1.29, 1.82) is 0 Å². The van der Waals surface area contributed by atoms with Gasteiger partial charge in [-0.15, -0.1) is 5.10 Å². The van der Waals surface area contributed by atoms with Crippen LogP contribution >= 0.6 is 35.4 Å². The van der Waals surface area contributed by atoms with Gasteiger partial charge in [-0.3, -0.25) is 9.59 Å². The Balaban J connectivity index is 1.67. The van der Waals surface area contributed by atoms with Crippen LogP contribution in [0.25, 0.3) is 5.82 Å². The number of rotatable bonds is 9. The third-order valence-electron chi connectivity index (χ3n) is 6.15. The quantitative estimate of drug-likeness (QED) is 0.320. The van der Waals surface area contributed by atoms with E-state index < -0.39 is 5.91 Å². The molecule has 3 aromatic rings. The van der Waals surface area contributed by atoms with E-state index in [1.807, 2.05) is 6.92 Å². The van der Waals surface area contributed by atoms with E-state index in [0.717, 1.165) is 11.3 Å². The number of nitrogens with one attached hydrogen (secondary N) is 2. The molecule has 1 aliphatic carbocycles. The van der Waals surface area contributed by atoms with Gasteiger partial charge in [0.2, 0.25) is 5.88 Å². The normalized spacial score (nSPS) is 14.1. The number of hydrogen-bond donors (Lipinski definition) is 2. The molecule has 1 aliphatic rings. The second-order valence-corrected chi connectivity index (χ2v) is 10.5. The van der Waals surface area contributed by atoms with Crippen LogP contribution in [-0.2, 0) is 0 Å². The molecule has 2 amide bonds. The number of amides is 2. The number of thiocarbonyl (C=S) groups is 1. The highest BCUT2D eigenvalue weighted by molar-refractivity contribution is 7.80. The zero-order valence-corrected chi connectivity index (χ0v) is 23.0. The molecule has 0 bridgehead atoms. The van der Waals surface area contributed by atoms with Crippen molar-refractivity contribution < 1.29 is 14.3 Å². The highest BCUT2D eigenvalue weighted by Gasteiger charge is 2.28. The summed E-state index contributed by atoms with van der Waals surface area (Å²) in [4.78, 5) is 31.9. The van der Waals surface area contributed by atoms with Crippen LogP contribution in [0.1, 0.15) is 59.5 Å². The number of carbonyl (C=O) groups is 2. The van der Waals surface area contributed by atoms with E-state index in [9.17, 15) is 9.59 Å². The molecular formula is C26H27Cl2N5O3S. The van der Waals surface area contributed by atoms with Crippen LogP contribution in [0.15, 0.2) is 36.5 Å². The number of anilines is 1. The Kier molecular flexibility index (Phi) is 8.46. The average Bonchev–Trinajstić information content (AvgIpc) is 3.26. The van der Waals surface area contributed by atoms with Crippen molar-refractivity contribution >= 4 is 57.8 Å². The van der Waals surface area contributed by atoms with Crippen LogP contribution in [0.2, 0.25) is 10.0 Å². The standard InChI is InChI=1S/C26H27Cl2N5O3S/c1-4-14(2)13-30-25(34)19-9-16(27)8-15(3)23(19)31-26(35)21-12-22(36-17-10-18(37)11-17)32-33(21)24-20(28)6-5-7-29-24/h5-9,12,14,17H,4,10-11,13H2,1-3H3,(H,30,34)(H,31,35). The van der Waals surface area contributed by atoms with Crippen LogP contribution in [0, 0.1) is 12.8 Å². The number of hydrogen-bond acceptors (Lipinski definition) is 6. The molecule has 11 heteroatoms. The van der Waals surface area contributed by atoms with E-state index in [4.69, 9.17) is 40.2 Å². The molecule has 194 valence electrons. The number of benzene rings is 1. The van der Waals surface area contributed by atoms with Gasteiger partial charge in [0.15, 0.2) is 5.82 Å². The summed E-state index contributed by atoms with van der Waals surface area (Å²) in [6.45, 7) is 6.38.